The molecule has 0 saturated heterocycles. The van der Waals surface area contributed by atoms with Crippen molar-refractivity contribution in [3.05, 3.63) is 5.82 Å². The molecule has 0 spiro atoms. The summed E-state index contributed by atoms with van der Waals surface area (Å²) in [6, 6.07) is 0. The van der Waals surface area contributed by atoms with E-state index in [2.05, 4.69) is 10.2 Å². The Morgan fingerprint density at radius 1 is 1.35 bits per heavy atom. The molecule has 8 heteroatoms. The second-order valence-electron chi connectivity index (χ2n) is 4.33. The maximum Gasteiger partial charge on any atom is 0.313 e. The van der Waals surface area contributed by atoms with E-state index in [1.54, 1.807) is 16.5 Å². The summed E-state index contributed by atoms with van der Waals surface area (Å²) in [6.07, 6.45) is 1.60. The third-order valence-electron chi connectivity index (χ3n) is 2.79. The van der Waals surface area contributed by atoms with E-state index in [0.717, 1.165) is 24.0 Å². The van der Waals surface area contributed by atoms with Gasteiger partial charge in [-0.05, 0) is 13.3 Å². The first kappa shape index (κ1) is 16.5. The highest BCUT2D eigenvalue weighted by molar-refractivity contribution is 7.99. The van der Waals surface area contributed by atoms with Crippen LogP contribution in [0.2, 0.25) is 0 Å². The Morgan fingerprint density at radius 2 is 2.05 bits per heavy atom. The van der Waals surface area contributed by atoms with Gasteiger partial charge in [-0.2, -0.15) is 0 Å². The molecule has 1 aromatic rings. The highest BCUT2D eigenvalue weighted by Gasteiger charge is 2.17. The van der Waals surface area contributed by atoms with Gasteiger partial charge in [-0.25, -0.2) is 0 Å². The van der Waals surface area contributed by atoms with Crippen LogP contribution in [-0.4, -0.2) is 56.0 Å². The third-order valence-corrected chi connectivity index (χ3v) is 3.74. The predicted molar refractivity (Wildman–Crippen MR) is 75.7 cm³/mol. The van der Waals surface area contributed by atoms with E-state index >= 15 is 0 Å². The number of likely N-dealkylation sites (N-methyl/N-ethyl adjacent to an activating group) is 1. The van der Waals surface area contributed by atoms with Crippen LogP contribution < -0.4 is 0 Å². The van der Waals surface area contributed by atoms with Crippen LogP contribution >= 0.6 is 11.8 Å². The summed E-state index contributed by atoms with van der Waals surface area (Å²) in [7, 11) is 1.73. The Labute approximate surface area is 122 Å². The average Bonchev–Trinajstić information content (AvgIpc) is 2.78. The van der Waals surface area contributed by atoms with Gasteiger partial charge in [0.25, 0.3) is 0 Å². The van der Waals surface area contributed by atoms with Gasteiger partial charge in [0, 0.05) is 20.0 Å². The Morgan fingerprint density at radius 3 is 2.60 bits per heavy atom. The van der Waals surface area contributed by atoms with Gasteiger partial charge in [-0.1, -0.05) is 18.7 Å². The van der Waals surface area contributed by atoms with Crippen LogP contribution in [0.4, 0.5) is 0 Å². The largest absolute Gasteiger partial charge is 0.481 e. The average molecular weight is 300 g/mol. The number of hydrogen-bond acceptors (Lipinski definition) is 5. The van der Waals surface area contributed by atoms with Gasteiger partial charge < -0.3 is 10.0 Å². The summed E-state index contributed by atoms with van der Waals surface area (Å²) in [5.74, 6) is -0.333. The highest BCUT2D eigenvalue weighted by atomic mass is 32.2. The number of thioether (sulfide) groups is 1. The molecule has 0 radical (unpaired) electrons. The summed E-state index contributed by atoms with van der Waals surface area (Å²) in [5, 5.41) is 17.2. The van der Waals surface area contributed by atoms with Crippen molar-refractivity contribution in [2.24, 2.45) is 0 Å². The molecule has 1 rings (SSSR count). The van der Waals surface area contributed by atoms with E-state index in [1.165, 1.54) is 0 Å². The second kappa shape index (κ2) is 7.88. The minimum Gasteiger partial charge on any atom is -0.481 e. The lowest BCUT2D eigenvalue weighted by atomic mass is 10.3. The summed E-state index contributed by atoms with van der Waals surface area (Å²) < 4.78 is 1.71. The van der Waals surface area contributed by atoms with Gasteiger partial charge in [-0.3, -0.25) is 14.2 Å². The minimum atomic E-state index is -0.918. The molecule has 20 heavy (non-hydrogen) atoms. The summed E-state index contributed by atoms with van der Waals surface area (Å²) in [6.45, 7) is 4.69. The van der Waals surface area contributed by atoms with Gasteiger partial charge in [0.2, 0.25) is 5.91 Å². The lowest BCUT2D eigenvalue weighted by molar-refractivity contribution is -0.134. The fraction of sp³-hybridized carbons (Fsp3) is 0.667. The monoisotopic (exact) mass is 300 g/mol. The zero-order chi connectivity index (χ0) is 15.1. The van der Waals surface area contributed by atoms with Crippen molar-refractivity contribution in [2.45, 2.75) is 38.4 Å². The van der Waals surface area contributed by atoms with E-state index in [-0.39, 0.29) is 18.2 Å². The van der Waals surface area contributed by atoms with Crippen LogP contribution in [-0.2, 0) is 22.6 Å². The Kier molecular flexibility index (Phi) is 6.50. The maximum absolute atomic E-state index is 12.0. The number of aryl methyl sites for hydroxylation is 1. The molecule has 1 aromatic heterocycles. The van der Waals surface area contributed by atoms with Gasteiger partial charge in [0.1, 0.15) is 12.4 Å². The Balaban J connectivity index is 2.90. The lowest BCUT2D eigenvalue weighted by Crippen LogP contribution is -2.30. The van der Waals surface area contributed by atoms with Crippen molar-refractivity contribution in [1.29, 1.82) is 0 Å². The first-order valence-electron chi connectivity index (χ1n) is 6.50. The molecule has 0 aromatic carbocycles. The van der Waals surface area contributed by atoms with E-state index in [1.807, 2.05) is 13.8 Å². The quantitative estimate of drug-likeness (QED) is 0.717. The molecule has 0 atom stereocenters. The van der Waals surface area contributed by atoms with Crippen LogP contribution in [0.25, 0.3) is 0 Å². The molecule has 7 nitrogen and oxygen atoms in total. The summed E-state index contributed by atoms with van der Waals surface area (Å²) in [4.78, 5) is 24.3. The molecule has 0 aliphatic rings. The zero-order valence-electron chi connectivity index (χ0n) is 12.0. The first-order chi connectivity index (χ1) is 9.49. The molecule has 112 valence electrons. The summed E-state index contributed by atoms with van der Waals surface area (Å²) in [5.41, 5.74) is 0. The van der Waals surface area contributed by atoms with Gasteiger partial charge in [0.05, 0.1) is 5.75 Å². The van der Waals surface area contributed by atoms with Crippen LogP contribution in [0, 0.1) is 0 Å². The number of aromatic nitrogens is 3. The Bertz CT molecular complexity index is 475. The predicted octanol–water partition coefficient (Wildman–Crippen LogP) is 0.886. The van der Waals surface area contributed by atoms with Crippen LogP contribution in [0.15, 0.2) is 5.16 Å². The molecule has 0 fully saturated rings. The number of carbonyl (C=O) groups is 2. The molecule has 0 unspecified atom stereocenters. The van der Waals surface area contributed by atoms with Crippen molar-refractivity contribution in [3.8, 4) is 0 Å². The van der Waals surface area contributed by atoms with Crippen LogP contribution in [0.1, 0.15) is 26.1 Å². The second-order valence-corrected chi connectivity index (χ2v) is 5.27. The van der Waals surface area contributed by atoms with Crippen molar-refractivity contribution < 1.29 is 14.7 Å². The van der Waals surface area contributed by atoms with Crippen molar-refractivity contribution in [3.63, 3.8) is 0 Å². The Hall–Kier alpha value is -1.57. The van der Waals surface area contributed by atoms with Gasteiger partial charge >= 0.3 is 5.97 Å². The third kappa shape index (κ3) is 4.52. The maximum atomic E-state index is 12.0. The lowest BCUT2D eigenvalue weighted by Gasteiger charge is -2.16. The standard InChI is InChI=1S/C12H20N4O3S/c1-4-6-9-13-14-12(20-8-11(18)19)16(9)7-10(17)15(3)5-2/h4-8H2,1-3H3,(H,18,19). The minimum absolute atomic E-state index is 0.0400. The van der Waals surface area contributed by atoms with Crippen molar-refractivity contribution >= 4 is 23.6 Å². The fourth-order valence-corrected chi connectivity index (χ4v) is 2.23. The van der Waals surface area contributed by atoms with E-state index in [9.17, 15) is 9.59 Å². The number of aliphatic carboxylic acids is 1. The molecule has 0 aliphatic carbocycles. The number of nitrogens with zero attached hydrogens (tertiary/aromatic N) is 4. The van der Waals surface area contributed by atoms with Gasteiger partial charge in [-0.15, -0.1) is 10.2 Å². The molecule has 1 N–H and O–H groups in total. The number of carboxylic acid groups (broad SMARTS) is 1. The van der Waals surface area contributed by atoms with Crippen molar-refractivity contribution in [1.82, 2.24) is 19.7 Å². The molecule has 0 saturated carbocycles. The molecule has 1 amide bonds. The van der Waals surface area contributed by atoms with Crippen LogP contribution in [0.3, 0.4) is 0 Å². The molecule has 0 bridgehead atoms. The SMILES string of the molecule is CCCc1nnc(SCC(=O)O)n1CC(=O)N(C)CC. The van der Waals surface area contributed by atoms with E-state index in [0.29, 0.717) is 18.1 Å². The highest BCUT2D eigenvalue weighted by Crippen LogP contribution is 2.18. The molecule has 1 heterocycles. The van der Waals surface area contributed by atoms with Gasteiger partial charge in [0.15, 0.2) is 5.16 Å². The molecular weight excluding hydrogens is 280 g/mol. The molecule has 0 aliphatic heterocycles. The smallest absolute Gasteiger partial charge is 0.313 e. The fourth-order valence-electron chi connectivity index (χ4n) is 1.55. The number of carboxylic acids is 1. The number of rotatable bonds is 8. The summed E-state index contributed by atoms with van der Waals surface area (Å²) >= 11 is 1.08. The van der Waals surface area contributed by atoms with Crippen LogP contribution in [0.5, 0.6) is 0 Å². The zero-order valence-corrected chi connectivity index (χ0v) is 12.8. The topological polar surface area (TPSA) is 88.3 Å². The normalized spacial score (nSPS) is 10.6. The number of amides is 1. The van der Waals surface area contributed by atoms with Crippen molar-refractivity contribution in [2.75, 3.05) is 19.3 Å². The first-order valence-corrected chi connectivity index (χ1v) is 7.48. The number of carbonyl (C=O) groups excluding carboxylic acids is 1. The number of hydrogen-bond donors (Lipinski definition) is 1. The van der Waals surface area contributed by atoms with E-state index < -0.39 is 5.97 Å². The molecular formula is C12H20N4O3S. The van der Waals surface area contributed by atoms with E-state index in [4.69, 9.17) is 5.11 Å².